The van der Waals surface area contributed by atoms with Gasteiger partial charge in [-0.1, -0.05) is 6.92 Å². The van der Waals surface area contributed by atoms with Crippen molar-refractivity contribution >= 4 is 5.95 Å². The van der Waals surface area contributed by atoms with Crippen LogP contribution < -0.4 is 11.3 Å². The van der Waals surface area contributed by atoms with Crippen molar-refractivity contribution in [1.29, 1.82) is 0 Å². The molecule has 0 aliphatic heterocycles. The fraction of sp³-hybridized carbons (Fsp3) is 0.417. The van der Waals surface area contributed by atoms with E-state index in [0.717, 1.165) is 29.4 Å². The Labute approximate surface area is 119 Å². The number of rotatable bonds is 3. The van der Waals surface area contributed by atoms with E-state index in [1.807, 2.05) is 12.3 Å². The summed E-state index contributed by atoms with van der Waals surface area (Å²) in [5.74, 6) is 4.84. The Morgan fingerprint density at radius 2 is 1.95 bits per heavy atom. The monoisotopic (exact) mass is 300 g/mol. The van der Waals surface area contributed by atoms with E-state index in [0.29, 0.717) is 0 Å². The number of halogens is 3. The van der Waals surface area contributed by atoms with Gasteiger partial charge >= 0.3 is 6.18 Å². The lowest BCUT2D eigenvalue weighted by Crippen LogP contribution is -2.17. The Hall–Kier alpha value is -2.16. The van der Waals surface area contributed by atoms with Crippen LogP contribution in [0.2, 0.25) is 0 Å². The molecule has 0 unspecified atom stereocenters. The Balaban J connectivity index is 2.64. The highest BCUT2D eigenvalue weighted by atomic mass is 19.4. The van der Waals surface area contributed by atoms with Crippen LogP contribution in [0.5, 0.6) is 0 Å². The van der Waals surface area contributed by atoms with Crippen molar-refractivity contribution in [3.8, 4) is 5.82 Å². The van der Waals surface area contributed by atoms with Crippen LogP contribution in [0.1, 0.15) is 29.6 Å². The summed E-state index contributed by atoms with van der Waals surface area (Å²) < 4.78 is 40.0. The zero-order chi connectivity index (χ0) is 15.8. The van der Waals surface area contributed by atoms with E-state index in [1.54, 1.807) is 13.8 Å². The van der Waals surface area contributed by atoms with Crippen LogP contribution in [-0.2, 0) is 12.6 Å². The molecular formula is C12H15F3N6. The first-order valence-electron chi connectivity index (χ1n) is 6.26. The molecule has 0 saturated carbocycles. The molecular weight excluding hydrogens is 285 g/mol. The van der Waals surface area contributed by atoms with Crippen LogP contribution in [0, 0.1) is 13.8 Å². The van der Waals surface area contributed by atoms with Crippen molar-refractivity contribution in [3.05, 3.63) is 28.7 Å². The number of alkyl halides is 3. The van der Waals surface area contributed by atoms with Gasteiger partial charge in [-0.3, -0.25) is 5.43 Å². The average Bonchev–Trinajstić information content (AvgIpc) is 2.72. The van der Waals surface area contributed by atoms with Crippen LogP contribution in [0.3, 0.4) is 0 Å². The Morgan fingerprint density at radius 1 is 1.29 bits per heavy atom. The number of aromatic nitrogens is 4. The number of nitrogen functional groups attached to an aromatic ring is 1. The lowest BCUT2D eigenvalue weighted by Gasteiger charge is -2.11. The van der Waals surface area contributed by atoms with Gasteiger partial charge in [0.2, 0.25) is 5.95 Å². The molecule has 2 aromatic heterocycles. The molecule has 2 heterocycles. The number of anilines is 1. The summed E-state index contributed by atoms with van der Waals surface area (Å²) >= 11 is 0. The van der Waals surface area contributed by atoms with Crippen LogP contribution >= 0.6 is 0 Å². The predicted molar refractivity (Wildman–Crippen MR) is 70.8 cm³/mol. The summed E-state index contributed by atoms with van der Waals surface area (Å²) in [4.78, 5) is 7.25. The van der Waals surface area contributed by atoms with Gasteiger partial charge in [0.1, 0.15) is 0 Å². The minimum atomic E-state index is -4.59. The highest BCUT2D eigenvalue weighted by Gasteiger charge is 2.34. The Morgan fingerprint density at radius 3 is 2.43 bits per heavy atom. The molecule has 0 radical (unpaired) electrons. The van der Waals surface area contributed by atoms with Gasteiger partial charge in [-0.2, -0.15) is 23.3 Å². The Bertz CT molecular complexity index is 662. The smallest absolute Gasteiger partial charge is 0.292 e. The summed E-state index contributed by atoms with van der Waals surface area (Å²) in [6, 6.07) is 0.847. The second kappa shape index (κ2) is 5.32. The number of nitrogens with zero attached hydrogens (tertiary/aromatic N) is 4. The number of nitrogens with two attached hydrogens (primary N) is 1. The maximum atomic E-state index is 12.9. The van der Waals surface area contributed by atoms with Gasteiger partial charge < -0.3 is 0 Å². The molecule has 2 aromatic rings. The number of hydrogen-bond acceptors (Lipinski definition) is 5. The molecule has 9 heteroatoms. The maximum Gasteiger partial charge on any atom is 0.433 e. The van der Waals surface area contributed by atoms with E-state index in [1.165, 1.54) is 4.68 Å². The van der Waals surface area contributed by atoms with Crippen LogP contribution in [-0.4, -0.2) is 19.7 Å². The zero-order valence-electron chi connectivity index (χ0n) is 11.8. The molecule has 0 amide bonds. The highest BCUT2D eigenvalue weighted by Crippen LogP contribution is 2.29. The number of hydrazine groups is 1. The molecule has 21 heavy (non-hydrogen) atoms. The predicted octanol–water partition coefficient (Wildman–Crippen LogP) is 2.15. The number of hydrogen-bond donors (Lipinski definition) is 2. The molecule has 0 aliphatic rings. The molecule has 0 atom stereocenters. The Kier molecular flexibility index (Phi) is 3.86. The molecule has 0 fully saturated rings. The molecule has 2 rings (SSSR count). The quantitative estimate of drug-likeness (QED) is 0.670. The minimum absolute atomic E-state index is 0.0191. The molecule has 0 bridgehead atoms. The van der Waals surface area contributed by atoms with Crippen LogP contribution in [0.4, 0.5) is 19.1 Å². The third kappa shape index (κ3) is 2.82. The van der Waals surface area contributed by atoms with E-state index in [-0.39, 0.29) is 11.8 Å². The number of nitrogens with one attached hydrogen (secondary N) is 1. The molecule has 114 valence electrons. The van der Waals surface area contributed by atoms with Gasteiger partial charge in [-0.25, -0.2) is 15.5 Å². The lowest BCUT2D eigenvalue weighted by atomic mass is 10.1. The van der Waals surface area contributed by atoms with Gasteiger partial charge in [0.25, 0.3) is 0 Å². The molecule has 0 saturated heterocycles. The van der Waals surface area contributed by atoms with Crippen molar-refractivity contribution < 1.29 is 13.2 Å². The average molecular weight is 300 g/mol. The van der Waals surface area contributed by atoms with Crippen molar-refractivity contribution in [1.82, 2.24) is 19.7 Å². The van der Waals surface area contributed by atoms with Crippen molar-refractivity contribution in [2.45, 2.75) is 33.4 Å². The van der Waals surface area contributed by atoms with Crippen LogP contribution in [0.25, 0.3) is 5.82 Å². The SMILES string of the molecule is CCc1c(C)nn(-c2cc(C(F)(F)F)nc(NN)n2)c1C. The second-order valence-electron chi connectivity index (χ2n) is 4.49. The van der Waals surface area contributed by atoms with E-state index in [2.05, 4.69) is 15.1 Å². The van der Waals surface area contributed by atoms with Crippen LogP contribution in [0.15, 0.2) is 6.07 Å². The minimum Gasteiger partial charge on any atom is -0.292 e. The van der Waals surface area contributed by atoms with Gasteiger partial charge in [0.05, 0.1) is 5.69 Å². The largest absolute Gasteiger partial charge is 0.433 e. The van der Waals surface area contributed by atoms with Gasteiger partial charge in [-0.05, 0) is 25.8 Å². The molecule has 0 spiro atoms. The summed E-state index contributed by atoms with van der Waals surface area (Å²) in [5.41, 5.74) is 3.43. The fourth-order valence-corrected chi connectivity index (χ4v) is 2.16. The molecule has 6 nitrogen and oxygen atoms in total. The third-order valence-corrected chi connectivity index (χ3v) is 3.14. The maximum absolute atomic E-state index is 12.9. The van der Waals surface area contributed by atoms with E-state index in [4.69, 9.17) is 5.84 Å². The van der Waals surface area contributed by atoms with Crippen molar-refractivity contribution in [3.63, 3.8) is 0 Å². The van der Waals surface area contributed by atoms with E-state index >= 15 is 0 Å². The normalized spacial score (nSPS) is 11.8. The lowest BCUT2D eigenvalue weighted by molar-refractivity contribution is -0.141. The fourth-order valence-electron chi connectivity index (χ4n) is 2.16. The topological polar surface area (TPSA) is 81.7 Å². The number of aryl methyl sites for hydroxylation is 1. The third-order valence-electron chi connectivity index (χ3n) is 3.14. The molecule has 3 N–H and O–H groups in total. The first kappa shape index (κ1) is 15.2. The molecule has 0 aromatic carbocycles. The van der Waals surface area contributed by atoms with Gasteiger partial charge in [0.15, 0.2) is 11.5 Å². The summed E-state index contributed by atoms with van der Waals surface area (Å²) in [7, 11) is 0. The summed E-state index contributed by atoms with van der Waals surface area (Å²) in [6.45, 7) is 5.54. The summed E-state index contributed by atoms with van der Waals surface area (Å²) in [6.07, 6.45) is -3.86. The molecule has 0 aliphatic carbocycles. The van der Waals surface area contributed by atoms with E-state index in [9.17, 15) is 13.2 Å². The standard InChI is InChI=1S/C12H15F3N6/c1-4-8-6(2)20-21(7(8)3)10-5-9(12(13,14)15)17-11(18-10)19-16/h5H,4,16H2,1-3H3,(H,17,18,19). The van der Waals surface area contributed by atoms with Crippen molar-refractivity contribution in [2.75, 3.05) is 5.43 Å². The van der Waals surface area contributed by atoms with E-state index < -0.39 is 11.9 Å². The highest BCUT2D eigenvalue weighted by molar-refractivity contribution is 5.38. The zero-order valence-corrected chi connectivity index (χ0v) is 11.8. The van der Waals surface area contributed by atoms with Crippen molar-refractivity contribution in [2.24, 2.45) is 5.84 Å². The van der Waals surface area contributed by atoms with Gasteiger partial charge in [0, 0.05) is 11.8 Å². The first-order valence-corrected chi connectivity index (χ1v) is 6.26. The summed E-state index contributed by atoms with van der Waals surface area (Å²) in [5, 5.41) is 4.24. The second-order valence-corrected chi connectivity index (χ2v) is 4.49. The van der Waals surface area contributed by atoms with Gasteiger partial charge in [-0.15, -0.1) is 0 Å². The first-order chi connectivity index (χ1) is 9.77.